The van der Waals surface area contributed by atoms with E-state index in [0.717, 1.165) is 0 Å². The second kappa shape index (κ2) is 7.15. The summed E-state index contributed by atoms with van der Waals surface area (Å²) in [5, 5.41) is 17.4. The third-order valence-corrected chi connectivity index (χ3v) is 2.45. The Morgan fingerprint density at radius 1 is 1.12 bits per heavy atom. The minimum absolute atomic E-state index is 0.0444. The molecule has 0 aliphatic carbocycles. The van der Waals surface area contributed by atoms with Gasteiger partial charge in [-0.1, -0.05) is 0 Å². The van der Waals surface area contributed by atoms with E-state index in [1.165, 1.54) is 0 Å². The molecule has 0 aromatic heterocycles. The predicted octanol–water partition coefficient (Wildman–Crippen LogP) is -1.44. The van der Waals surface area contributed by atoms with E-state index in [1.807, 2.05) is 0 Å². The van der Waals surface area contributed by atoms with Crippen LogP contribution in [0.4, 0.5) is 0 Å². The molecule has 0 aliphatic heterocycles. The monoisotopic (exact) mass is 233 g/mol. The molecule has 0 saturated carbocycles. The van der Waals surface area contributed by atoms with Crippen molar-refractivity contribution in [2.75, 3.05) is 6.54 Å². The average molecular weight is 233 g/mol. The Kier molecular flexibility index (Phi) is 6.63. The highest BCUT2D eigenvalue weighted by Crippen LogP contribution is 2.16. The number of hydrogen-bond acceptors (Lipinski definition) is 5. The molecule has 7 nitrogen and oxygen atoms in total. The highest BCUT2D eigenvalue weighted by Gasteiger charge is 2.27. The second-order valence-corrected chi connectivity index (χ2v) is 3.74. The van der Waals surface area contributed by atoms with Gasteiger partial charge in [0.2, 0.25) is 0 Å². The molecular weight excluding hydrogens is 214 g/mol. The number of carbonyl (C=O) groups is 2. The van der Waals surface area contributed by atoms with Crippen molar-refractivity contribution < 1.29 is 19.8 Å². The van der Waals surface area contributed by atoms with E-state index in [9.17, 15) is 9.59 Å². The van der Waals surface area contributed by atoms with Crippen molar-refractivity contribution >= 4 is 11.9 Å². The number of rotatable bonds is 8. The van der Waals surface area contributed by atoms with Crippen LogP contribution < -0.4 is 17.2 Å². The first-order chi connectivity index (χ1) is 7.40. The molecule has 0 aliphatic rings. The lowest BCUT2D eigenvalue weighted by molar-refractivity contribution is -0.142. The molecule has 8 N–H and O–H groups in total. The lowest BCUT2D eigenvalue weighted by Crippen LogP contribution is -2.43. The van der Waals surface area contributed by atoms with E-state index in [2.05, 4.69) is 0 Å². The maximum Gasteiger partial charge on any atom is 0.320 e. The molecule has 0 heterocycles. The van der Waals surface area contributed by atoms with Crippen LogP contribution in [0.2, 0.25) is 0 Å². The molecule has 0 aromatic rings. The van der Waals surface area contributed by atoms with E-state index in [4.69, 9.17) is 27.4 Å². The van der Waals surface area contributed by atoms with Crippen LogP contribution in [0, 0.1) is 5.92 Å². The number of hydrogen-bond donors (Lipinski definition) is 5. The summed E-state index contributed by atoms with van der Waals surface area (Å²) >= 11 is 0. The molecule has 94 valence electrons. The smallest absolute Gasteiger partial charge is 0.320 e. The topological polar surface area (TPSA) is 153 Å². The van der Waals surface area contributed by atoms with E-state index in [-0.39, 0.29) is 6.42 Å². The third-order valence-electron chi connectivity index (χ3n) is 2.45. The van der Waals surface area contributed by atoms with Gasteiger partial charge in [0.25, 0.3) is 0 Å². The zero-order valence-corrected chi connectivity index (χ0v) is 9.00. The number of carboxylic acid groups (broad SMARTS) is 2. The first-order valence-electron chi connectivity index (χ1n) is 5.07. The molecule has 3 atom stereocenters. The quantitative estimate of drug-likeness (QED) is 0.344. The molecule has 0 saturated heterocycles. The van der Waals surface area contributed by atoms with Gasteiger partial charge in [0, 0.05) is 0 Å². The Morgan fingerprint density at radius 2 is 1.69 bits per heavy atom. The number of nitrogens with two attached hydrogens (primary N) is 3. The summed E-state index contributed by atoms with van der Waals surface area (Å²) in [6, 6.07) is -2.19. The molecule has 0 aromatic carbocycles. The predicted molar refractivity (Wildman–Crippen MR) is 57.6 cm³/mol. The Hall–Kier alpha value is -1.18. The molecule has 0 bridgehead atoms. The first kappa shape index (κ1) is 14.8. The highest BCUT2D eigenvalue weighted by atomic mass is 16.4. The average Bonchev–Trinajstić information content (AvgIpc) is 2.22. The maximum absolute atomic E-state index is 10.7. The third kappa shape index (κ3) is 5.06. The summed E-state index contributed by atoms with van der Waals surface area (Å²) < 4.78 is 0. The fourth-order valence-electron chi connectivity index (χ4n) is 1.45. The minimum Gasteiger partial charge on any atom is -0.480 e. The normalized spacial score (nSPS) is 16.4. The van der Waals surface area contributed by atoms with Crippen LogP contribution >= 0.6 is 0 Å². The lowest BCUT2D eigenvalue weighted by Gasteiger charge is -2.22. The molecule has 0 rings (SSSR count). The van der Waals surface area contributed by atoms with Crippen LogP contribution in [0.3, 0.4) is 0 Å². The summed E-state index contributed by atoms with van der Waals surface area (Å²) in [4.78, 5) is 21.3. The second-order valence-electron chi connectivity index (χ2n) is 3.74. The van der Waals surface area contributed by atoms with Crippen LogP contribution in [0.15, 0.2) is 0 Å². The summed E-state index contributed by atoms with van der Waals surface area (Å²) in [6.45, 7) is 0.408. The molecule has 16 heavy (non-hydrogen) atoms. The van der Waals surface area contributed by atoms with E-state index in [1.54, 1.807) is 0 Å². The van der Waals surface area contributed by atoms with Crippen molar-refractivity contribution in [3.05, 3.63) is 0 Å². The molecule has 1 unspecified atom stereocenters. The van der Waals surface area contributed by atoms with Gasteiger partial charge < -0.3 is 27.4 Å². The Bertz CT molecular complexity index is 247. The van der Waals surface area contributed by atoms with Crippen molar-refractivity contribution in [3.63, 3.8) is 0 Å². The van der Waals surface area contributed by atoms with Gasteiger partial charge in [0.05, 0.1) is 0 Å². The molecule has 7 heteroatoms. The van der Waals surface area contributed by atoms with Crippen molar-refractivity contribution in [1.29, 1.82) is 0 Å². The SMILES string of the molecule is NCCCC(C[C@@H](N)C(=O)O)[C@H](N)C(=O)O. The summed E-state index contributed by atoms with van der Waals surface area (Å²) in [5.74, 6) is -2.78. The van der Waals surface area contributed by atoms with Crippen molar-refractivity contribution in [1.82, 2.24) is 0 Å². The Morgan fingerprint density at radius 3 is 2.06 bits per heavy atom. The van der Waals surface area contributed by atoms with Crippen LogP contribution in [-0.2, 0) is 9.59 Å². The van der Waals surface area contributed by atoms with Crippen molar-refractivity contribution in [3.8, 4) is 0 Å². The summed E-state index contributed by atoms with van der Waals surface area (Å²) in [5.41, 5.74) is 16.1. The van der Waals surface area contributed by atoms with Gasteiger partial charge >= 0.3 is 11.9 Å². The summed E-state index contributed by atoms with van der Waals surface area (Å²) in [7, 11) is 0. The fraction of sp³-hybridized carbons (Fsp3) is 0.778. The largest absolute Gasteiger partial charge is 0.480 e. The minimum atomic E-state index is -1.16. The van der Waals surface area contributed by atoms with Crippen LogP contribution in [0.5, 0.6) is 0 Å². The molecular formula is C9H19N3O4. The van der Waals surface area contributed by atoms with Crippen molar-refractivity contribution in [2.45, 2.75) is 31.3 Å². The van der Waals surface area contributed by atoms with Gasteiger partial charge in [-0.3, -0.25) is 9.59 Å². The van der Waals surface area contributed by atoms with Gasteiger partial charge in [-0.2, -0.15) is 0 Å². The fourth-order valence-corrected chi connectivity index (χ4v) is 1.45. The van der Waals surface area contributed by atoms with E-state index in [0.29, 0.717) is 19.4 Å². The standard InChI is InChI=1S/C9H19N3O4/c10-3-1-2-5(7(12)9(15)16)4-6(11)8(13)14/h5-7H,1-4,10-12H2,(H,13,14)(H,15,16)/t5?,6-,7+/m1/s1. The van der Waals surface area contributed by atoms with Crippen LogP contribution in [-0.4, -0.2) is 40.8 Å². The van der Waals surface area contributed by atoms with Gasteiger partial charge in [-0.15, -0.1) is 0 Å². The van der Waals surface area contributed by atoms with Crippen LogP contribution in [0.1, 0.15) is 19.3 Å². The molecule has 0 radical (unpaired) electrons. The first-order valence-corrected chi connectivity index (χ1v) is 5.07. The number of carboxylic acids is 2. The zero-order chi connectivity index (χ0) is 12.7. The maximum atomic E-state index is 10.7. The van der Waals surface area contributed by atoms with Crippen LogP contribution in [0.25, 0.3) is 0 Å². The van der Waals surface area contributed by atoms with Gasteiger partial charge in [0.15, 0.2) is 0 Å². The lowest BCUT2D eigenvalue weighted by atomic mass is 9.89. The number of aliphatic carboxylic acids is 2. The zero-order valence-electron chi connectivity index (χ0n) is 9.00. The van der Waals surface area contributed by atoms with Gasteiger partial charge in [-0.25, -0.2) is 0 Å². The molecule has 0 amide bonds. The Labute approximate surface area is 93.6 Å². The van der Waals surface area contributed by atoms with Gasteiger partial charge in [-0.05, 0) is 31.7 Å². The highest BCUT2D eigenvalue weighted by molar-refractivity contribution is 5.75. The van der Waals surface area contributed by atoms with Crippen molar-refractivity contribution in [2.24, 2.45) is 23.1 Å². The van der Waals surface area contributed by atoms with E-state index < -0.39 is 29.9 Å². The molecule has 0 spiro atoms. The Balaban J connectivity index is 4.41. The van der Waals surface area contributed by atoms with E-state index >= 15 is 0 Å². The van der Waals surface area contributed by atoms with Gasteiger partial charge in [0.1, 0.15) is 12.1 Å². The summed E-state index contributed by atoms with van der Waals surface area (Å²) in [6.07, 6.45) is 1.10. The molecule has 0 fully saturated rings.